The first kappa shape index (κ1) is 15.5. The van der Waals surface area contributed by atoms with E-state index in [-0.39, 0.29) is 12.6 Å². The van der Waals surface area contributed by atoms with Crippen LogP contribution in [0.2, 0.25) is 0 Å². The number of ether oxygens (including phenoxy) is 1. The molecule has 0 bridgehead atoms. The largest absolute Gasteiger partial charge is 0.479 e. The summed E-state index contributed by atoms with van der Waals surface area (Å²) >= 11 is 0. The summed E-state index contributed by atoms with van der Waals surface area (Å²) in [5.41, 5.74) is 0.445. The maximum atomic E-state index is 9.95. The molecule has 4 heteroatoms. The Hall–Kier alpha value is -1.57. The molecule has 2 unspecified atom stereocenters. The molecule has 1 rings (SSSR count). The smallest absolute Gasteiger partial charge is 0.174 e. The Morgan fingerprint density at radius 2 is 2.05 bits per heavy atom. The van der Waals surface area contributed by atoms with E-state index < -0.39 is 5.60 Å². The monoisotopic (exact) mass is 262 g/mol. The van der Waals surface area contributed by atoms with Crippen molar-refractivity contribution in [2.24, 2.45) is 0 Å². The maximum absolute atomic E-state index is 9.95. The second-order valence-corrected chi connectivity index (χ2v) is 4.97. The molecule has 0 fully saturated rings. The maximum Gasteiger partial charge on any atom is 0.174 e. The molecule has 1 aromatic rings. The van der Waals surface area contributed by atoms with Crippen LogP contribution in [0.3, 0.4) is 0 Å². The average Bonchev–Trinajstić information content (AvgIpc) is 2.43. The molecule has 0 saturated heterocycles. The zero-order valence-corrected chi connectivity index (χ0v) is 11.8. The average molecular weight is 262 g/mol. The lowest BCUT2D eigenvalue weighted by molar-refractivity contribution is 0.0533. The zero-order valence-electron chi connectivity index (χ0n) is 11.8. The summed E-state index contributed by atoms with van der Waals surface area (Å²) in [6, 6.07) is 9.72. The number of benzene rings is 1. The second kappa shape index (κ2) is 7.13. The van der Waals surface area contributed by atoms with E-state index in [2.05, 4.69) is 12.2 Å². The van der Waals surface area contributed by atoms with Crippen LogP contribution >= 0.6 is 0 Å². The van der Waals surface area contributed by atoms with Crippen LogP contribution < -0.4 is 10.1 Å². The van der Waals surface area contributed by atoms with Gasteiger partial charge in [-0.05, 0) is 38.0 Å². The van der Waals surface area contributed by atoms with E-state index in [4.69, 9.17) is 10.00 Å². The minimum Gasteiger partial charge on any atom is -0.479 e. The number of hydrogen-bond donors (Lipinski definition) is 2. The van der Waals surface area contributed by atoms with Gasteiger partial charge in [-0.2, -0.15) is 5.26 Å². The fourth-order valence-electron chi connectivity index (χ4n) is 1.58. The van der Waals surface area contributed by atoms with E-state index in [0.29, 0.717) is 18.7 Å². The van der Waals surface area contributed by atoms with Crippen LogP contribution in [0.1, 0.15) is 38.8 Å². The van der Waals surface area contributed by atoms with Crippen LogP contribution in [-0.4, -0.2) is 23.9 Å². The quantitative estimate of drug-likeness (QED) is 0.792. The fourth-order valence-corrected chi connectivity index (χ4v) is 1.58. The Kier molecular flexibility index (Phi) is 5.81. The molecule has 0 aromatic heterocycles. The minimum absolute atomic E-state index is 0.0620. The highest BCUT2D eigenvalue weighted by atomic mass is 16.5. The Labute approximate surface area is 115 Å². The Morgan fingerprint density at radius 1 is 1.42 bits per heavy atom. The predicted molar refractivity (Wildman–Crippen MR) is 74.9 cm³/mol. The number of rotatable bonds is 7. The summed E-state index contributed by atoms with van der Waals surface area (Å²) in [5.74, 6) is 0.693. The molecule has 0 amide bonds. The minimum atomic E-state index is -0.676. The van der Waals surface area contributed by atoms with E-state index in [0.717, 1.165) is 5.56 Å². The summed E-state index contributed by atoms with van der Waals surface area (Å²) in [6.45, 7) is 6.46. The summed E-state index contributed by atoms with van der Waals surface area (Å²) in [5, 5.41) is 21.7. The third-order valence-corrected chi connectivity index (χ3v) is 3.23. The first-order valence-corrected chi connectivity index (χ1v) is 6.54. The molecule has 2 atom stereocenters. The van der Waals surface area contributed by atoms with Crippen molar-refractivity contribution in [1.82, 2.24) is 5.32 Å². The van der Waals surface area contributed by atoms with Gasteiger partial charge in [-0.3, -0.25) is 0 Å². The molecule has 0 saturated carbocycles. The fraction of sp³-hybridized carbons (Fsp3) is 0.533. The molecule has 0 heterocycles. The van der Waals surface area contributed by atoms with Gasteiger partial charge in [0.1, 0.15) is 11.8 Å². The van der Waals surface area contributed by atoms with Crippen molar-refractivity contribution in [1.29, 1.82) is 5.26 Å². The molecule has 0 aliphatic heterocycles. The van der Waals surface area contributed by atoms with E-state index in [9.17, 15) is 5.11 Å². The van der Waals surface area contributed by atoms with E-state index >= 15 is 0 Å². The van der Waals surface area contributed by atoms with Gasteiger partial charge >= 0.3 is 0 Å². The van der Waals surface area contributed by atoms with E-state index in [1.807, 2.05) is 44.2 Å². The lowest BCUT2D eigenvalue weighted by Gasteiger charge is -2.24. The van der Waals surface area contributed by atoms with Gasteiger partial charge in [0.15, 0.2) is 6.61 Å². The highest BCUT2D eigenvalue weighted by Gasteiger charge is 2.18. The molecule has 2 N–H and O–H groups in total. The van der Waals surface area contributed by atoms with Crippen molar-refractivity contribution >= 4 is 0 Å². The van der Waals surface area contributed by atoms with Crippen molar-refractivity contribution in [3.63, 3.8) is 0 Å². The van der Waals surface area contributed by atoms with Gasteiger partial charge in [0, 0.05) is 12.6 Å². The molecular weight excluding hydrogens is 240 g/mol. The molecule has 19 heavy (non-hydrogen) atoms. The molecule has 1 aromatic carbocycles. The van der Waals surface area contributed by atoms with Crippen LogP contribution in [0.25, 0.3) is 0 Å². The van der Waals surface area contributed by atoms with Gasteiger partial charge < -0.3 is 15.2 Å². The number of aliphatic hydroxyl groups is 1. The predicted octanol–water partition coefficient (Wildman–Crippen LogP) is 2.40. The molecule has 0 radical (unpaired) electrons. The highest BCUT2D eigenvalue weighted by molar-refractivity contribution is 5.29. The van der Waals surface area contributed by atoms with Gasteiger partial charge in [-0.15, -0.1) is 0 Å². The normalized spacial score (nSPS) is 15.3. The molecule has 0 aliphatic rings. The van der Waals surface area contributed by atoms with E-state index in [1.165, 1.54) is 0 Å². The highest BCUT2D eigenvalue weighted by Crippen LogP contribution is 2.18. The van der Waals surface area contributed by atoms with Crippen molar-refractivity contribution in [2.45, 2.75) is 38.8 Å². The van der Waals surface area contributed by atoms with Gasteiger partial charge in [-0.25, -0.2) is 0 Å². The van der Waals surface area contributed by atoms with Crippen LogP contribution in [0.15, 0.2) is 24.3 Å². The summed E-state index contributed by atoms with van der Waals surface area (Å²) in [6.07, 6.45) is 0.716. The topological polar surface area (TPSA) is 65.3 Å². The molecular formula is C15H22N2O2. The lowest BCUT2D eigenvalue weighted by Crippen LogP contribution is -2.38. The summed E-state index contributed by atoms with van der Waals surface area (Å²) < 4.78 is 5.20. The molecule has 0 aliphatic carbocycles. The number of hydrogen-bond acceptors (Lipinski definition) is 4. The zero-order chi connectivity index (χ0) is 14.3. The van der Waals surface area contributed by atoms with Crippen LogP contribution in [-0.2, 0) is 0 Å². The molecule has 4 nitrogen and oxygen atoms in total. The first-order valence-electron chi connectivity index (χ1n) is 6.54. The summed E-state index contributed by atoms with van der Waals surface area (Å²) in [4.78, 5) is 0. The van der Waals surface area contributed by atoms with Gasteiger partial charge in [0.25, 0.3) is 0 Å². The van der Waals surface area contributed by atoms with E-state index in [1.54, 1.807) is 0 Å². The third kappa shape index (κ3) is 5.29. The number of nitriles is 1. The van der Waals surface area contributed by atoms with Gasteiger partial charge in [0.05, 0.1) is 5.60 Å². The molecule has 104 valence electrons. The van der Waals surface area contributed by atoms with Crippen LogP contribution in [0.5, 0.6) is 5.75 Å². The molecule has 0 spiro atoms. The first-order chi connectivity index (χ1) is 8.98. The second-order valence-electron chi connectivity index (χ2n) is 4.97. The Bertz CT molecular complexity index is 421. The number of nitrogens with zero attached hydrogens (tertiary/aromatic N) is 1. The number of nitrogens with one attached hydrogen (secondary N) is 1. The SMILES string of the molecule is CCC(C)(O)CNC(C)c1ccc(OCC#N)cc1. The third-order valence-electron chi connectivity index (χ3n) is 3.23. The van der Waals surface area contributed by atoms with Crippen molar-refractivity contribution < 1.29 is 9.84 Å². The Morgan fingerprint density at radius 3 is 2.58 bits per heavy atom. The van der Waals surface area contributed by atoms with Crippen molar-refractivity contribution in [3.05, 3.63) is 29.8 Å². The van der Waals surface area contributed by atoms with Crippen LogP contribution in [0.4, 0.5) is 0 Å². The lowest BCUT2D eigenvalue weighted by atomic mass is 10.0. The summed E-state index contributed by atoms with van der Waals surface area (Å²) in [7, 11) is 0. The van der Waals surface area contributed by atoms with Crippen molar-refractivity contribution in [2.75, 3.05) is 13.2 Å². The van der Waals surface area contributed by atoms with Gasteiger partial charge in [0.2, 0.25) is 0 Å². The Balaban J connectivity index is 2.53. The standard InChI is InChI=1S/C15H22N2O2/c1-4-15(3,18)11-17-12(2)13-5-7-14(8-6-13)19-10-9-16/h5-8,12,17-18H,4,10-11H2,1-3H3. The van der Waals surface area contributed by atoms with Crippen molar-refractivity contribution in [3.8, 4) is 11.8 Å². The van der Waals surface area contributed by atoms with Gasteiger partial charge in [-0.1, -0.05) is 19.1 Å². The van der Waals surface area contributed by atoms with Crippen LogP contribution in [0, 0.1) is 11.3 Å².